The molecule has 44 heavy (non-hydrogen) atoms. The maximum absolute atomic E-state index is 14.2. The van der Waals surface area contributed by atoms with E-state index in [1.807, 2.05) is 60.1 Å². The molecule has 5 heterocycles. The molecule has 9 nitrogen and oxygen atoms in total. The van der Waals surface area contributed by atoms with Gasteiger partial charge >= 0.3 is 0 Å². The van der Waals surface area contributed by atoms with Crippen LogP contribution in [-0.4, -0.2) is 61.7 Å². The summed E-state index contributed by atoms with van der Waals surface area (Å²) in [7, 11) is 1.85. The topological polar surface area (TPSA) is 87.3 Å². The lowest BCUT2D eigenvalue weighted by molar-refractivity contribution is -0.176. The van der Waals surface area contributed by atoms with Gasteiger partial charge in [0.05, 0.1) is 36.5 Å². The predicted molar refractivity (Wildman–Crippen MR) is 159 cm³/mol. The molecule has 0 aliphatic carbocycles. The molecule has 3 aromatic heterocycles. The number of halogens is 2. The van der Waals surface area contributed by atoms with E-state index >= 15 is 0 Å². The van der Waals surface area contributed by atoms with E-state index in [-0.39, 0.29) is 24.5 Å². The van der Waals surface area contributed by atoms with Gasteiger partial charge < -0.3 is 4.74 Å². The van der Waals surface area contributed by atoms with Gasteiger partial charge in [0.15, 0.2) is 17.3 Å². The van der Waals surface area contributed by atoms with Gasteiger partial charge in [-0.2, -0.15) is 15.3 Å². The van der Waals surface area contributed by atoms with Crippen LogP contribution in [0.25, 0.3) is 28.0 Å². The predicted octanol–water partition coefficient (Wildman–Crippen LogP) is 5.16. The van der Waals surface area contributed by atoms with Crippen LogP contribution in [0.4, 0.5) is 8.78 Å². The largest absolute Gasteiger partial charge is 0.381 e. The monoisotopic (exact) mass is 598 g/mol. The molecule has 0 radical (unpaired) electrons. The van der Waals surface area contributed by atoms with Crippen LogP contribution in [0.5, 0.6) is 0 Å². The Morgan fingerprint density at radius 3 is 2.61 bits per heavy atom. The van der Waals surface area contributed by atoms with Crippen molar-refractivity contribution in [3.05, 3.63) is 95.4 Å². The fourth-order valence-corrected chi connectivity index (χ4v) is 6.16. The number of aromatic nitrogens is 5. The van der Waals surface area contributed by atoms with Gasteiger partial charge in [0, 0.05) is 62.0 Å². The molecule has 0 saturated carbocycles. The summed E-state index contributed by atoms with van der Waals surface area (Å²) in [6.45, 7) is 4.46. The number of benzene rings is 2. The molecule has 5 aromatic rings. The van der Waals surface area contributed by atoms with Crippen molar-refractivity contribution in [1.82, 2.24) is 29.6 Å². The second-order valence-corrected chi connectivity index (χ2v) is 11.7. The van der Waals surface area contributed by atoms with Gasteiger partial charge in [0.2, 0.25) is 0 Å². The van der Waals surface area contributed by atoms with Crippen molar-refractivity contribution < 1.29 is 23.1 Å². The first kappa shape index (κ1) is 28.5. The summed E-state index contributed by atoms with van der Waals surface area (Å²) in [6, 6.07) is 15.5. The maximum Gasteiger partial charge on any atom is 0.159 e. The first-order chi connectivity index (χ1) is 21.3. The van der Waals surface area contributed by atoms with Gasteiger partial charge in [-0.05, 0) is 48.4 Å². The number of hydroxylamine groups is 2. The van der Waals surface area contributed by atoms with Gasteiger partial charge in [0.25, 0.3) is 0 Å². The minimum absolute atomic E-state index is 0.00702. The molecule has 11 heteroatoms. The molecule has 0 amide bonds. The second kappa shape index (κ2) is 11.6. The van der Waals surface area contributed by atoms with E-state index in [1.54, 1.807) is 17.1 Å². The van der Waals surface area contributed by atoms with Crippen molar-refractivity contribution in [2.75, 3.05) is 26.3 Å². The fraction of sp³-hybridized carbons (Fsp3) is 0.333. The van der Waals surface area contributed by atoms with Crippen molar-refractivity contribution in [2.24, 2.45) is 18.9 Å². The number of hydrogen-bond acceptors (Lipinski definition) is 7. The Kier molecular flexibility index (Phi) is 7.53. The Morgan fingerprint density at radius 2 is 1.86 bits per heavy atom. The molecule has 2 fully saturated rings. The van der Waals surface area contributed by atoms with Crippen molar-refractivity contribution in [3.63, 3.8) is 0 Å². The van der Waals surface area contributed by atoms with Crippen LogP contribution in [-0.2, 0) is 27.8 Å². The highest BCUT2D eigenvalue weighted by Crippen LogP contribution is 2.38. The van der Waals surface area contributed by atoms with Crippen molar-refractivity contribution in [2.45, 2.75) is 25.9 Å². The Labute approximate surface area is 253 Å². The van der Waals surface area contributed by atoms with Gasteiger partial charge in [-0.15, -0.1) is 0 Å². The summed E-state index contributed by atoms with van der Waals surface area (Å²) in [4.78, 5) is 24.7. The van der Waals surface area contributed by atoms with Crippen LogP contribution < -0.4 is 0 Å². The lowest BCUT2D eigenvalue weighted by Gasteiger charge is -2.29. The number of Topliss-reactive ketones (excluding diaryl/α,β-unsaturated/α-hetero) is 1. The normalized spacial score (nSPS) is 19.1. The number of pyridine rings is 1. The van der Waals surface area contributed by atoms with Gasteiger partial charge in [-0.25, -0.2) is 18.4 Å². The summed E-state index contributed by atoms with van der Waals surface area (Å²) < 4.78 is 36.8. The molecule has 2 aliphatic heterocycles. The Morgan fingerprint density at radius 1 is 1.05 bits per heavy atom. The molecule has 226 valence electrons. The minimum atomic E-state index is -0.934. The number of carbonyl (C=O) groups excluding carboxylic acids is 1. The summed E-state index contributed by atoms with van der Waals surface area (Å²) in [5.74, 6) is -1.74. The summed E-state index contributed by atoms with van der Waals surface area (Å²) >= 11 is 0. The number of hydrogen-bond donors (Lipinski definition) is 0. The van der Waals surface area contributed by atoms with Crippen molar-refractivity contribution in [1.29, 1.82) is 0 Å². The first-order valence-corrected chi connectivity index (χ1v) is 14.7. The number of ether oxygens (including phenoxy) is 1. The maximum atomic E-state index is 14.2. The number of fused-ring (bicyclic) bond motifs is 1. The molecule has 2 atom stereocenters. The highest BCUT2D eigenvalue weighted by Gasteiger charge is 2.39. The standard InChI is InChI=1S/C33H32F2N6O3/c1-20-30(41(26-6-4-3-5-7-26)38-31(20)23-10-24-15-37-39(2)33(24)36-14-23)13-27(42)11-25-17-40(16-21-18-43-19-21)44-32(25)22-8-9-28(34)29(35)12-22/h3-10,12,14-15,21,25,32H,11,13,16-19H2,1-2H3/t25-,32+/m1/s1. The van der Waals surface area contributed by atoms with Crippen LogP contribution in [0.3, 0.4) is 0 Å². The van der Waals surface area contributed by atoms with E-state index in [4.69, 9.17) is 14.7 Å². The average Bonchev–Trinajstić information content (AvgIpc) is 3.68. The Balaban J connectivity index is 1.18. The average molecular weight is 599 g/mol. The van der Waals surface area contributed by atoms with Crippen LogP contribution in [0, 0.1) is 30.4 Å². The van der Waals surface area contributed by atoms with E-state index < -0.39 is 17.7 Å². The summed E-state index contributed by atoms with van der Waals surface area (Å²) in [6.07, 6.45) is 3.34. The molecule has 2 aliphatic rings. The minimum Gasteiger partial charge on any atom is -0.381 e. The molecule has 0 spiro atoms. The number of ketones is 1. The van der Waals surface area contributed by atoms with Crippen LogP contribution in [0.15, 0.2) is 67.0 Å². The molecular formula is C33H32F2N6O3. The van der Waals surface area contributed by atoms with Crippen LogP contribution in [0.2, 0.25) is 0 Å². The third-order valence-corrected chi connectivity index (χ3v) is 8.51. The first-order valence-electron chi connectivity index (χ1n) is 14.7. The lowest BCUT2D eigenvalue weighted by atomic mass is 9.90. The lowest BCUT2D eigenvalue weighted by Crippen LogP contribution is -2.38. The number of carbonyl (C=O) groups is 1. The summed E-state index contributed by atoms with van der Waals surface area (Å²) in [5.41, 5.74) is 5.39. The van der Waals surface area contributed by atoms with E-state index in [2.05, 4.69) is 10.1 Å². The molecule has 0 bridgehead atoms. The van der Waals surface area contributed by atoms with Gasteiger partial charge in [0.1, 0.15) is 11.9 Å². The van der Waals surface area contributed by atoms with E-state index in [9.17, 15) is 13.6 Å². The Hall–Kier alpha value is -4.32. The number of para-hydroxylation sites is 1. The highest BCUT2D eigenvalue weighted by atomic mass is 19.2. The SMILES string of the molecule is Cc1c(-c2cnc3c(cnn3C)c2)nn(-c2ccccc2)c1CC(=O)C[C@@H]1CN(CC2COC2)O[C@H]1c1ccc(F)c(F)c1. The third kappa shape index (κ3) is 5.42. The number of aryl methyl sites for hydroxylation is 1. The number of rotatable bonds is 9. The van der Waals surface area contributed by atoms with Crippen LogP contribution in [0.1, 0.15) is 29.3 Å². The van der Waals surface area contributed by atoms with E-state index in [0.29, 0.717) is 37.8 Å². The Bertz CT molecular complexity index is 1830. The second-order valence-electron chi connectivity index (χ2n) is 11.7. The van der Waals surface area contributed by atoms with Gasteiger partial charge in [-0.3, -0.25) is 14.3 Å². The van der Waals surface area contributed by atoms with Crippen LogP contribution >= 0.6 is 0 Å². The fourth-order valence-electron chi connectivity index (χ4n) is 6.16. The zero-order valence-corrected chi connectivity index (χ0v) is 24.5. The third-order valence-electron chi connectivity index (χ3n) is 8.51. The molecular weight excluding hydrogens is 566 g/mol. The quantitative estimate of drug-likeness (QED) is 0.232. The number of nitrogens with zero attached hydrogens (tertiary/aromatic N) is 6. The van der Waals surface area contributed by atoms with Gasteiger partial charge in [-0.1, -0.05) is 24.3 Å². The smallest absolute Gasteiger partial charge is 0.159 e. The zero-order chi connectivity index (χ0) is 30.4. The van der Waals surface area contributed by atoms with E-state index in [0.717, 1.165) is 45.3 Å². The molecule has 0 unspecified atom stereocenters. The highest BCUT2D eigenvalue weighted by molar-refractivity contribution is 5.84. The molecule has 7 rings (SSSR count). The molecule has 2 saturated heterocycles. The molecule has 0 N–H and O–H groups in total. The van der Waals surface area contributed by atoms with Crippen molar-refractivity contribution in [3.8, 4) is 16.9 Å². The van der Waals surface area contributed by atoms with Crippen molar-refractivity contribution >= 4 is 16.8 Å². The molecule has 2 aromatic carbocycles. The summed E-state index contributed by atoms with van der Waals surface area (Å²) in [5, 5.41) is 12.0. The zero-order valence-electron chi connectivity index (χ0n) is 24.5. The van der Waals surface area contributed by atoms with E-state index in [1.165, 1.54) is 12.1 Å².